The summed E-state index contributed by atoms with van der Waals surface area (Å²) in [4.78, 5) is 0. The first kappa shape index (κ1) is 11.7. The van der Waals surface area contributed by atoms with Gasteiger partial charge in [0.15, 0.2) is 0 Å². The number of hydrogen-bond donors (Lipinski definition) is 1. The number of unbranched alkanes of at least 4 members (excludes halogenated alkanes) is 1. The van der Waals surface area contributed by atoms with Crippen LogP contribution in [0.4, 0.5) is 0 Å². The SMILES string of the molecule is Cc1nn(CCCC#N)c(C)c1CCN. The summed E-state index contributed by atoms with van der Waals surface area (Å²) in [6.07, 6.45) is 2.33. The molecule has 0 bridgehead atoms. The fourth-order valence-electron chi connectivity index (χ4n) is 1.77. The van der Waals surface area contributed by atoms with E-state index in [0.717, 1.165) is 25.1 Å². The molecule has 0 unspecified atom stereocenters. The van der Waals surface area contributed by atoms with E-state index in [1.807, 2.05) is 11.6 Å². The number of rotatable bonds is 5. The van der Waals surface area contributed by atoms with E-state index < -0.39 is 0 Å². The molecule has 0 aliphatic rings. The van der Waals surface area contributed by atoms with Crippen molar-refractivity contribution in [1.82, 2.24) is 9.78 Å². The van der Waals surface area contributed by atoms with Crippen LogP contribution < -0.4 is 5.73 Å². The van der Waals surface area contributed by atoms with Crippen molar-refractivity contribution in [2.45, 2.75) is 39.7 Å². The maximum absolute atomic E-state index is 8.46. The van der Waals surface area contributed by atoms with Crippen molar-refractivity contribution in [3.05, 3.63) is 17.0 Å². The molecule has 1 aromatic heterocycles. The van der Waals surface area contributed by atoms with Gasteiger partial charge < -0.3 is 5.73 Å². The standard InChI is InChI=1S/C11H18N4/c1-9-11(5-7-13)10(2)15(14-9)8-4-3-6-12/h3-5,7-8,13H2,1-2H3. The molecule has 4 heteroatoms. The number of nitrogens with zero attached hydrogens (tertiary/aromatic N) is 3. The molecule has 0 atom stereocenters. The third-order valence-corrected chi connectivity index (χ3v) is 2.58. The van der Waals surface area contributed by atoms with Gasteiger partial charge in [-0.1, -0.05) is 0 Å². The van der Waals surface area contributed by atoms with Crippen molar-refractivity contribution in [2.75, 3.05) is 6.54 Å². The first-order chi connectivity index (χ1) is 7.20. The second-order valence-electron chi connectivity index (χ2n) is 3.67. The Morgan fingerprint density at radius 2 is 2.20 bits per heavy atom. The molecule has 0 saturated heterocycles. The zero-order valence-electron chi connectivity index (χ0n) is 9.45. The van der Waals surface area contributed by atoms with Crippen molar-refractivity contribution in [2.24, 2.45) is 5.73 Å². The fraction of sp³-hybridized carbons (Fsp3) is 0.636. The lowest BCUT2D eigenvalue weighted by Gasteiger charge is -2.03. The lowest BCUT2D eigenvalue weighted by Crippen LogP contribution is -2.06. The van der Waals surface area contributed by atoms with Crippen LogP contribution in [0.15, 0.2) is 0 Å². The summed E-state index contributed by atoms with van der Waals surface area (Å²) in [6.45, 7) is 5.56. The van der Waals surface area contributed by atoms with Gasteiger partial charge in [0, 0.05) is 18.7 Å². The summed E-state index contributed by atoms with van der Waals surface area (Å²) < 4.78 is 1.98. The average molecular weight is 206 g/mol. The van der Waals surface area contributed by atoms with Gasteiger partial charge in [0.1, 0.15) is 0 Å². The minimum atomic E-state index is 0.588. The van der Waals surface area contributed by atoms with E-state index >= 15 is 0 Å². The van der Waals surface area contributed by atoms with Gasteiger partial charge >= 0.3 is 0 Å². The Morgan fingerprint density at radius 1 is 1.47 bits per heavy atom. The molecule has 0 aliphatic carbocycles. The van der Waals surface area contributed by atoms with Crippen molar-refractivity contribution in [3.63, 3.8) is 0 Å². The molecule has 0 fully saturated rings. The third-order valence-electron chi connectivity index (χ3n) is 2.58. The lowest BCUT2D eigenvalue weighted by atomic mass is 10.1. The monoisotopic (exact) mass is 206 g/mol. The van der Waals surface area contributed by atoms with Gasteiger partial charge in [-0.2, -0.15) is 10.4 Å². The molecule has 15 heavy (non-hydrogen) atoms. The van der Waals surface area contributed by atoms with Crippen molar-refractivity contribution in [1.29, 1.82) is 5.26 Å². The Kier molecular flexibility index (Phi) is 4.32. The van der Waals surface area contributed by atoms with Crippen LogP contribution in [-0.4, -0.2) is 16.3 Å². The summed E-state index contributed by atoms with van der Waals surface area (Å²) in [7, 11) is 0. The van der Waals surface area contributed by atoms with Crippen molar-refractivity contribution in [3.8, 4) is 6.07 Å². The van der Waals surface area contributed by atoms with Crippen LogP contribution in [0.25, 0.3) is 0 Å². The topological polar surface area (TPSA) is 67.6 Å². The molecule has 0 radical (unpaired) electrons. The van der Waals surface area contributed by atoms with E-state index in [4.69, 9.17) is 11.0 Å². The molecular weight excluding hydrogens is 188 g/mol. The number of aryl methyl sites for hydroxylation is 2. The van der Waals surface area contributed by atoms with E-state index in [-0.39, 0.29) is 0 Å². The highest BCUT2D eigenvalue weighted by Gasteiger charge is 2.09. The molecule has 0 spiro atoms. The van der Waals surface area contributed by atoms with Crippen LogP contribution in [0.5, 0.6) is 0 Å². The number of hydrogen-bond acceptors (Lipinski definition) is 3. The van der Waals surface area contributed by atoms with Crippen LogP contribution in [0.3, 0.4) is 0 Å². The summed E-state index contributed by atoms with van der Waals surface area (Å²) >= 11 is 0. The van der Waals surface area contributed by atoms with Gasteiger partial charge in [0.2, 0.25) is 0 Å². The summed E-state index contributed by atoms with van der Waals surface area (Å²) in [6, 6.07) is 2.14. The quantitative estimate of drug-likeness (QED) is 0.738. The highest BCUT2D eigenvalue weighted by Crippen LogP contribution is 2.13. The zero-order chi connectivity index (χ0) is 11.3. The smallest absolute Gasteiger partial charge is 0.0628 e. The average Bonchev–Trinajstić information content (AvgIpc) is 2.47. The number of nitrogens with two attached hydrogens (primary N) is 1. The summed E-state index contributed by atoms with van der Waals surface area (Å²) in [5.74, 6) is 0. The minimum Gasteiger partial charge on any atom is -0.330 e. The first-order valence-electron chi connectivity index (χ1n) is 5.30. The Hall–Kier alpha value is -1.34. The van der Waals surface area contributed by atoms with E-state index in [0.29, 0.717) is 13.0 Å². The maximum Gasteiger partial charge on any atom is 0.0628 e. The molecular formula is C11H18N4. The Bertz CT molecular complexity index is 359. The largest absolute Gasteiger partial charge is 0.330 e. The molecule has 82 valence electrons. The summed E-state index contributed by atoms with van der Waals surface area (Å²) in [5.41, 5.74) is 9.06. The van der Waals surface area contributed by atoms with E-state index in [1.54, 1.807) is 0 Å². The second-order valence-corrected chi connectivity index (χ2v) is 3.67. The Labute approximate surface area is 90.7 Å². The molecule has 2 N–H and O–H groups in total. The third kappa shape index (κ3) is 2.80. The summed E-state index contributed by atoms with van der Waals surface area (Å²) in [5, 5.41) is 12.9. The van der Waals surface area contributed by atoms with Gasteiger partial charge in [-0.15, -0.1) is 0 Å². The minimum absolute atomic E-state index is 0.588. The van der Waals surface area contributed by atoms with Gasteiger partial charge in [-0.25, -0.2) is 0 Å². The molecule has 1 aromatic rings. The molecule has 1 rings (SSSR count). The molecule has 0 aromatic carbocycles. The van der Waals surface area contributed by atoms with Crippen molar-refractivity contribution < 1.29 is 0 Å². The van der Waals surface area contributed by atoms with Crippen LogP contribution in [0.2, 0.25) is 0 Å². The highest BCUT2D eigenvalue weighted by molar-refractivity contribution is 5.24. The van der Waals surface area contributed by atoms with E-state index in [2.05, 4.69) is 18.1 Å². The molecule has 0 saturated carbocycles. The fourth-order valence-corrected chi connectivity index (χ4v) is 1.77. The Morgan fingerprint density at radius 3 is 2.80 bits per heavy atom. The molecule has 4 nitrogen and oxygen atoms in total. The maximum atomic E-state index is 8.46. The van der Waals surface area contributed by atoms with Crippen molar-refractivity contribution >= 4 is 0 Å². The molecule has 0 aliphatic heterocycles. The van der Waals surface area contributed by atoms with Crippen LogP contribution in [0, 0.1) is 25.2 Å². The van der Waals surface area contributed by atoms with Crippen LogP contribution >= 0.6 is 0 Å². The van der Waals surface area contributed by atoms with Crippen LogP contribution in [0.1, 0.15) is 29.8 Å². The second kappa shape index (κ2) is 5.52. The Balaban J connectivity index is 2.73. The first-order valence-corrected chi connectivity index (χ1v) is 5.30. The van der Waals surface area contributed by atoms with E-state index in [1.165, 1.54) is 11.3 Å². The predicted molar refractivity (Wildman–Crippen MR) is 59.3 cm³/mol. The van der Waals surface area contributed by atoms with Gasteiger partial charge in [0.05, 0.1) is 11.8 Å². The van der Waals surface area contributed by atoms with E-state index in [9.17, 15) is 0 Å². The zero-order valence-corrected chi connectivity index (χ0v) is 9.45. The number of aromatic nitrogens is 2. The predicted octanol–water partition coefficient (Wildman–Crippen LogP) is 1.30. The van der Waals surface area contributed by atoms with Crippen LogP contribution in [-0.2, 0) is 13.0 Å². The normalized spacial score (nSPS) is 10.3. The van der Waals surface area contributed by atoms with Gasteiger partial charge in [-0.3, -0.25) is 4.68 Å². The lowest BCUT2D eigenvalue weighted by molar-refractivity contribution is 0.567. The highest BCUT2D eigenvalue weighted by atomic mass is 15.3. The van der Waals surface area contributed by atoms with Gasteiger partial charge in [0.25, 0.3) is 0 Å². The number of nitriles is 1. The van der Waals surface area contributed by atoms with Gasteiger partial charge in [-0.05, 0) is 38.8 Å². The molecule has 1 heterocycles. The molecule has 0 amide bonds.